The number of anilines is 3. The minimum Gasteiger partial charge on any atom is -0.507 e. The van der Waals surface area contributed by atoms with Crippen LogP contribution >= 0.6 is 11.3 Å². The van der Waals surface area contributed by atoms with E-state index < -0.39 is 18.1 Å². The predicted molar refractivity (Wildman–Crippen MR) is 304 cm³/mol. The molecule has 2 aromatic carbocycles. The maximum atomic E-state index is 14.3. The first-order valence-electron chi connectivity index (χ1n) is 28.4. The maximum Gasteiger partial charge on any atom is 0.254 e. The fourth-order valence-corrected chi connectivity index (χ4v) is 14.0. The molecule has 5 N–H and O–H groups in total. The molecular formula is C60H75N11O7S. The summed E-state index contributed by atoms with van der Waals surface area (Å²) in [6.45, 7) is 16.8. The number of carbonyl (C=O) groups excluding carboxylic acids is 2. The second kappa shape index (κ2) is 23.1. The third kappa shape index (κ3) is 11.5. The van der Waals surface area contributed by atoms with Gasteiger partial charge in [-0.15, -0.1) is 21.5 Å². The smallest absolute Gasteiger partial charge is 0.254 e. The van der Waals surface area contributed by atoms with E-state index in [1.807, 2.05) is 81.9 Å². The molecule has 2 amide bonds. The number of hydrogen-bond donors (Lipinski definition) is 4. The third-order valence-corrected chi connectivity index (χ3v) is 18.8. The van der Waals surface area contributed by atoms with Crippen LogP contribution in [0.5, 0.6) is 17.5 Å². The van der Waals surface area contributed by atoms with Gasteiger partial charge in [-0.3, -0.25) is 9.59 Å². The Morgan fingerprint density at radius 2 is 1.70 bits per heavy atom. The number of fused-ring (bicyclic) bond motifs is 2. The van der Waals surface area contributed by atoms with Crippen LogP contribution in [0.2, 0.25) is 0 Å². The van der Waals surface area contributed by atoms with Crippen molar-refractivity contribution < 1.29 is 33.8 Å². The second-order valence-corrected chi connectivity index (χ2v) is 24.1. The van der Waals surface area contributed by atoms with Crippen molar-refractivity contribution in [2.45, 2.75) is 135 Å². The number of aromatic hydroxyl groups is 1. The fourth-order valence-electron chi connectivity index (χ4n) is 13.1. The summed E-state index contributed by atoms with van der Waals surface area (Å²) in [6, 6.07) is 23.0. The average Bonchev–Trinajstić information content (AvgIpc) is 4.40. The van der Waals surface area contributed by atoms with E-state index in [1.165, 1.54) is 4.90 Å². The van der Waals surface area contributed by atoms with Gasteiger partial charge in [0.05, 0.1) is 46.2 Å². The van der Waals surface area contributed by atoms with Crippen molar-refractivity contribution in [1.29, 1.82) is 0 Å². The summed E-state index contributed by atoms with van der Waals surface area (Å²) in [5.74, 6) is 2.04. The van der Waals surface area contributed by atoms with Gasteiger partial charge in [-0.25, -0.2) is 9.97 Å². The van der Waals surface area contributed by atoms with Crippen molar-refractivity contribution >= 4 is 40.3 Å². The number of phenolic OH excluding ortho intramolecular Hbond substituents is 1. The van der Waals surface area contributed by atoms with Crippen molar-refractivity contribution in [3.05, 3.63) is 102 Å². The molecule has 4 saturated heterocycles. The van der Waals surface area contributed by atoms with Crippen molar-refractivity contribution in [3.63, 3.8) is 0 Å². The Balaban J connectivity index is 0.620. The highest BCUT2D eigenvalue weighted by Gasteiger charge is 2.45. The summed E-state index contributed by atoms with van der Waals surface area (Å²) < 4.78 is 18.5. The molecule has 18 nitrogen and oxygen atoms in total. The summed E-state index contributed by atoms with van der Waals surface area (Å²) in [5.41, 5.74) is 14.5. The number of piperazine rings is 1. The number of thiazole rings is 1. The highest BCUT2D eigenvalue weighted by molar-refractivity contribution is 7.13. The van der Waals surface area contributed by atoms with Crippen LogP contribution in [0.15, 0.2) is 89.0 Å². The Kier molecular flexibility index (Phi) is 15.8. The molecular weight excluding hydrogens is 1020 g/mol. The number of amides is 2. The van der Waals surface area contributed by atoms with E-state index >= 15 is 0 Å². The van der Waals surface area contributed by atoms with Crippen molar-refractivity contribution in [2.75, 3.05) is 54.9 Å². The topological polar surface area (TPSA) is 222 Å². The van der Waals surface area contributed by atoms with E-state index in [2.05, 4.69) is 71.3 Å². The summed E-state index contributed by atoms with van der Waals surface area (Å²) >= 11 is 1.60. The summed E-state index contributed by atoms with van der Waals surface area (Å²) in [4.78, 5) is 47.3. The zero-order valence-electron chi connectivity index (χ0n) is 46.1. The van der Waals surface area contributed by atoms with Gasteiger partial charge in [-0.2, -0.15) is 0 Å². The fraction of sp³-hybridized carbons (Fsp3) is 0.517. The Labute approximate surface area is 466 Å². The average molecular weight is 1090 g/mol. The number of β-amino-alcohol motifs (C(OH)–C–C–N with tert-alkyl or cyclic N) is 1. The Hall–Kier alpha value is -6.83. The molecule has 2 bridgehead atoms. The van der Waals surface area contributed by atoms with Gasteiger partial charge in [0.25, 0.3) is 5.88 Å². The standard InChI is InChI=1S/C60H75N11O7S/c1-34(2)56(60(75)70-32-46(72)26-51(70)59(74)64-36(4)41-11-13-42(14-12-41)57-37(5)63-33-79-57)53-28-55(67-78-53)76-22-19-40-18-21-68(38(6)35(40)3)29-39-23-47(24-39)77-54-25-43(17-20-62-54)71-44-15-16-45(71)31-69(30-44)50-27-49(65-66-58(50)61)48-9-7-8-10-52(48)73/h7-14,17,20,25,27-28,33-36,38-40,44-47,51,56,72-73H,15-16,18-19,21-24,26,29-32H2,1-6H3,(H2,61,66)(H,64,74)/t35-,36+,38+,39-,40-,44?,45?,46-,47-,51+,56+/m1/s1. The zero-order valence-corrected chi connectivity index (χ0v) is 47.0. The van der Waals surface area contributed by atoms with Crippen molar-refractivity contribution in [2.24, 2.45) is 23.7 Å². The lowest BCUT2D eigenvalue weighted by Gasteiger charge is -2.46. The quantitative estimate of drug-likeness (QED) is 0.0632. The Bertz CT molecular complexity index is 3080. The molecule has 418 valence electrons. The highest BCUT2D eigenvalue weighted by atomic mass is 32.1. The largest absolute Gasteiger partial charge is 0.507 e. The molecule has 5 aliphatic rings. The molecule has 4 aliphatic heterocycles. The lowest BCUT2D eigenvalue weighted by Crippen LogP contribution is -2.54. The highest BCUT2D eigenvalue weighted by Crippen LogP contribution is 2.42. The van der Waals surface area contributed by atoms with Gasteiger partial charge in [0.1, 0.15) is 23.8 Å². The number of pyridine rings is 1. The normalized spacial score (nSPS) is 25.8. The minimum atomic E-state index is -0.824. The number of piperidine rings is 1. The van der Waals surface area contributed by atoms with Crippen LogP contribution < -0.4 is 30.3 Å². The van der Waals surface area contributed by atoms with E-state index in [0.29, 0.717) is 77.1 Å². The molecule has 0 spiro atoms. The summed E-state index contributed by atoms with van der Waals surface area (Å²) in [6.07, 6.45) is 7.51. The van der Waals surface area contributed by atoms with Crippen molar-refractivity contribution in [3.8, 4) is 39.2 Å². The first kappa shape index (κ1) is 54.1. The predicted octanol–water partition coefficient (Wildman–Crippen LogP) is 8.66. The SMILES string of the molecule is Cc1ncsc1-c1ccc([C@H](C)NC(=O)[C@@H]2C[C@@H](O)CN2C(=O)[C@H](c2cc(OCC[C@H]3CCN(C[C@H]4C[C@H](Oc5cc(N6C7CCC6CN(c6cc(-c8ccccc8O)nnc6N)C7)ccn5)C4)[C@@H](C)[C@H]3C)no2)C(C)C)cc1. The molecule has 9 atom stereocenters. The van der Waals surface area contributed by atoms with Gasteiger partial charge >= 0.3 is 0 Å². The number of aromatic nitrogens is 5. The summed E-state index contributed by atoms with van der Waals surface area (Å²) in [5, 5.41) is 37.2. The maximum absolute atomic E-state index is 14.3. The number of aliphatic hydroxyl groups excluding tert-OH is 1. The molecule has 1 aliphatic carbocycles. The van der Waals surface area contributed by atoms with E-state index in [0.717, 1.165) is 97.8 Å². The first-order chi connectivity index (χ1) is 38.1. The van der Waals surface area contributed by atoms with Gasteiger partial charge < -0.3 is 54.9 Å². The second-order valence-electron chi connectivity index (χ2n) is 23.2. The van der Waals surface area contributed by atoms with Crippen LogP contribution in [0.25, 0.3) is 21.7 Å². The number of nitrogens with zero attached hydrogens (tertiary/aromatic N) is 9. The number of aryl methyl sites for hydroxylation is 1. The molecule has 11 rings (SSSR count). The molecule has 6 aromatic rings. The molecule has 5 fully saturated rings. The number of para-hydroxylation sites is 1. The number of likely N-dealkylation sites (tertiary alicyclic amines) is 2. The molecule has 19 heteroatoms. The van der Waals surface area contributed by atoms with Crippen LogP contribution in [0, 0.1) is 30.6 Å². The van der Waals surface area contributed by atoms with E-state index in [9.17, 15) is 19.8 Å². The van der Waals surface area contributed by atoms with Gasteiger partial charge in [-0.05, 0) is 130 Å². The monoisotopic (exact) mass is 1090 g/mol. The number of aliphatic hydroxyl groups is 1. The van der Waals surface area contributed by atoms with E-state index in [4.69, 9.17) is 19.7 Å². The van der Waals surface area contributed by atoms with Crippen LogP contribution in [-0.2, 0) is 9.59 Å². The number of hydrogen-bond acceptors (Lipinski definition) is 17. The Morgan fingerprint density at radius 3 is 2.43 bits per heavy atom. The number of nitrogen functional groups attached to an aromatic ring is 1. The molecule has 2 unspecified atom stereocenters. The molecule has 4 aromatic heterocycles. The van der Waals surface area contributed by atoms with Crippen LogP contribution in [0.3, 0.4) is 0 Å². The number of carbonyl (C=O) groups is 2. The molecule has 1 saturated carbocycles. The van der Waals surface area contributed by atoms with Crippen LogP contribution in [-0.4, -0.2) is 133 Å². The zero-order chi connectivity index (χ0) is 55.1. The molecule has 0 radical (unpaired) electrons. The van der Waals surface area contributed by atoms with E-state index in [1.54, 1.807) is 29.5 Å². The number of rotatable bonds is 18. The van der Waals surface area contributed by atoms with Crippen molar-refractivity contribution in [1.82, 2.24) is 40.4 Å². The molecule has 79 heavy (non-hydrogen) atoms. The lowest BCUT2D eigenvalue weighted by atomic mass is 9.77. The van der Waals surface area contributed by atoms with Crippen LogP contribution in [0.1, 0.15) is 109 Å². The number of benzene rings is 2. The Morgan fingerprint density at radius 1 is 0.924 bits per heavy atom. The van der Waals surface area contributed by atoms with Gasteiger partial charge in [0.2, 0.25) is 17.7 Å². The minimum absolute atomic E-state index is 0.0605. The van der Waals surface area contributed by atoms with Gasteiger partial charge in [0.15, 0.2) is 11.6 Å². The lowest BCUT2D eigenvalue weighted by molar-refractivity contribution is -0.141. The van der Waals surface area contributed by atoms with Gasteiger partial charge in [-0.1, -0.05) is 57.2 Å². The number of ether oxygens (including phenoxy) is 2. The summed E-state index contributed by atoms with van der Waals surface area (Å²) in [7, 11) is 0. The van der Waals surface area contributed by atoms with Crippen LogP contribution in [0.4, 0.5) is 17.2 Å². The van der Waals surface area contributed by atoms with Gasteiger partial charge in [0, 0.05) is 80.3 Å². The third-order valence-electron chi connectivity index (χ3n) is 17.8. The number of nitrogens with two attached hydrogens (primary N) is 1. The van der Waals surface area contributed by atoms with E-state index in [-0.39, 0.29) is 48.6 Å². The number of nitrogens with one attached hydrogen (secondary N) is 1. The molecule has 8 heterocycles. The first-order valence-corrected chi connectivity index (χ1v) is 29.2. The number of phenols is 1.